The number of aliphatic hydroxyl groups is 2. The maximum Gasteiger partial charge on any atom is 0.303 e. The highest BCUT2D eigenvalue weighted by molar-refractivity contribution is 5.91. The summed E-state index contributed by atoms with van der Waals surface area (Å²) in [4.78, 5) is 34.1. The van der Waals surface area contributed by atoms with E-state index in [2.05, 4.69) is 20.8 Å². The van der Waals surface area contributed by atoms with Crippen LogP contribution in [0.2, 0.25) is 0 Å². The monoisotopic (exact) mass is 476 g/mol. The summed E-state index contributed by atoms with van der Waals surface area (Å²) in [6.45, 7) is 6.14. The van der Waals surface area contributed by atoms with Crippen LogP contribution in [0.4, 0.5) is 0 Å². The smallest absolute Gasteiger partial charge is 0.303 e. The number of carboxylic acid groups (broad SMARTS) is 1. The quantitative estimate of drug-likeness (QED) is 0.459. The van der Waals surface area contributed by atoms with Crippen molar-refractivity contribution in [3.63, 3.8) is 0 Å². The molecule has 7 atom stereocenters. The van der Waals surface area contributed by atoms with Gasteiger partial charge in [0.05, 0.1) is 6.10 Å². The fraction of sp³-hybridized carbons (Fsp3) is 0.821. The van der Waals surface area contributed by atoms with Crippen molar-refractivity contribution in [3.05, 3.63) is 11.6 Å². The lowest BCUT2D eigenvalue weighted by Gasteiger charge is -2.59. The van der Waals surface area contributed by atoms with Crippen molar-refractivity contribution in [2.75, 3.05) is 6.61 Å². The van der Waals surface area contributed by atoms with Crippen LogP contribution in [-0.4, -0.2) is 45.6 Å². The first-order valence-electron chi connectivity index (χ1n) is 13.4. The number of aliphatic carboxylic acids is 1. The Labute approximate surface area is 204 Å². The molecule has 4 rings (SSSR count). The third kappa shape index (κ3) is 5.18. The van der Waals surface area contributed by atoms with Crippen LogP contribution >= 0.6 is 0 Å². The van der Waals surface area contributed by atoms with E-state index in [0.29, 0.717) is 31.1 Å². The lowest BCUT2D eigenvalue weighted by atomic mass is 9.46. The lowest BCUT2D eigenvalue weighted by Crippen LogP contribution is -2.57. The Bertz CT molecular complexity index is 803. The molecule has 3 saturated carbocycles. The van der Waals surface area contributed by atoms with Gasteiger partial charge in [-0.25, -0.2) is 0 Å². The Morgan fingerprint density at radius 1 is 1.09 bits per heavy atom. The summed E-state index contributed by atoms with van der Waals surface area (Å²) < 4.78 is 0. The minimum atomic E-state index is -0.675. The predicted octanol–water partition coefficient (Wildman–Crippen LogP) is 4.71. The van der Waals surface area contributed by atoms with Gasteiger partial charge >= 0.3 is 5.97 Å². The Kier molecular flexibility index (Phi) is 8.78. The second-order valence-corrected chi connectivity index (χ2v) is 11.6. The summed E-state index contributed by atoms with van der Waals surface area (Å²) in [5.41, 5.74) is 0.979. The van der Waals surface area contributed by atoms with Crippen LogP contribution in [0.1, 0.15) is 97.8 Å². The highest BCUT2D eigenvalue weighted by atomic mass is 16.4. The van der Waals surface area contributed by atoms with E-state index in [-0.39, 0.29) is 40.8 Å². The molecule has 0 aromatic carbocycles. The molecule has 0 radical (unpaired) electrons. The number of unbranched alkanes of at least 4 members (excludes halogenated alkanes) is 3. The predicted molar refractivity (Wildman–Crippen MR) is 130 cm³/mol. The first kappa shape index (κ1) is 27.1. The first-order valence-corrected chi connectivity index (χ1v) is 13.4. The van der Waals surface area contributed by atoms with Crippen LogP contribution in [-0.2, 0) is 14.4 Å². The van der Waals surface area contributed by atoms with Crippen LogP contribution < -0.4 is 0 Å². The van der Waals surface area contributed by atoms with Gasteiger partial charge in [0.25, 0.3) is 0 Å². The molecule has 7 unspecified atom stereocenters. The molecule has 192 valence electrons. The Morgan fingerprint density at radius 2 is 1.82 bits per heavy atom. The van der Waals surface area contributed by atoms with Crippen LogP contribution in [0.25, 0.3) is 0 Å². The molecule has 0 heterocycles. The molecular weight excluding hydrogens is 432 g/mol. The molecule has 0 aromatic rings. The van der Waals surface area contributed by atoms with E-state index in [0.717, 1.165) is 51.4 Å². The summed E-state index contributed by atoms with van der Waals surface area (Å²) >= 11 is 0. The van der Waals surface area contributed by atoms with Gasteiger partial charge in [0.15, 0.2) is 11.6 Å². The summed E-state index contributed by atoms with van der Waals surface area (Å²) in [5, 5.41) is 28.8. The number of ketones is 2. The van der Waals surface area contributed by atoms with Gasteiger partial charge in [0.1, 0.15) is 6.61 Å². The third-order valence-corrected chi connectivity index (χ3v) is 9.68. The Hall–Kier alpha value is -1.53. The molecule has 4 aliphatic carbocycles. The summed E-state index contributed by atoms with van der Waals surface area (Å²) in [7, 11) is 0. The van der Waals surface area contributed by atoms with Crippen molar-refractivity contribution in [2.24, 2.45) is 34.5 Å². The van der Waals surface area contributed by atoms with Crippen LogP contribution in [0.5, 0.6) is 0 Å². The average molecular weight is 477 g/mol. The number of carboxylic acids is 1. The number of fused-ring (bicyclic) bond motifs is 5. The minimum Gasteiger partial charge on any atom is -0.481 e. The fourth-order valence-corrected chi connectivity index (χ4v) is 8.03. The molecule has 0 bridgehead atoms. The molecule has 3 fully saturated rings. The number of carbonyl (C=O) groups excluding carboxylic acids is 2. The van der Waals surface area contributed by atoms with Crippen molar-refractivity contribution in [3.8, 4) is 0 Å². The minimum absolute atomic E-state index is 0.0541. The molecule has 0 saturated heterocycles. The van der Waals surface area contributed by atoms with Gasteiger partial charge in [-0.15, -0.1) is 0 Å². The second kappa shape index (κ2) is 11.0. The zero-order valence-corrected chi connectivity index (χ0v) is 21.2. The van der Waals surface area contributed by atoms with Crippen molar-refractivity contribution >= 4 is 17.5 Å². The summed E-state index contributed by atoms with van der Waals surface area (Å²) in [6, 6.07) is 0. The first-order chi connectivity index (χ1) is 16.1. The molecular formula is C28H44O6. The van der Waals surface area contributed by atoms with Gasteiger partial charge < -0.3 is 15.3 Å². The van der Waals surface area contributed by atoms with Crippen LogP contribution in [0.3, 0.4) is 0 Å². The molecule has 0 aromatic heterocycles. The van der Waals surface area contributed by atoms with E-state index in [9.17, 15) is 24.6 Å². The van der Waals surface area contributed by atoms with Crippen molar-refractivity contribution in [1.82, 2.24) is 0 Å². The van der Waals surface area contributed by atoms with Crippen LogP contribution in [0.15, 0.2) is 11.6 Å². The fourth-order valence-electron chi connectivity index (χ4n) is 8.03. The Balaban J connectivity index is 0.000000309. The summed E-state index contributed by atoms with van der Waals surface area (Å²) in [5.74, 6) is 0.443. The molecule has 4 aliphatic rings. The van der Waals surface area contributed by atoms with Gasteiger partial charge in [0, 0.05) is 18.8 Å². The van der Waals surface area contributed by atoms with Gasteiger partial charge in [0.2, 0.25) is 0 Å². The number of carbonyl (C=O) groups is 3. The molecule has 3 N–H and O–H groups in total. The Morgan fingerprint density at radius 3 is 2.47 bits per heavy atom. The van der Waals surface area contributed by atoms with Gasteiger partial charge in [-0.1, -0.05) is 45.6 Å². The van der Waals surface area contributed by atoms with E-state index in [4.69, 9.17) is 5.11 Å². The largest absolute Gasteiger partial charge is 0.481 e. The van der Waals surface area contributed by atoms with Crippen molar-refractivity contribution < 1.29 is 29.7 Å². The van der Waals surface area contributed by atoms with Crippen LogP contribution in [0, 0.1) is 34.5 Å². The topological polar surface area (TPSA) is 112 Å². The van der Waals surface area contributed by atoms with Crippen molar-refractivity contribution in [1.29, 1.82) is 0 Å². The number of hydrogen-bond acceptors (Lipinski definition) is 5. The second-order valence-electron chi connectivity index (χ2n) is 11.6. The van der Waals surface area contributed by atoms with Gasteiger partial charge in [-0.3, -0.25) is 14.4 Å². The zero-order chi connectivity index (χ0) is 25.1. The van der Waals surface area contributed by atoms with E-state index in [1.807, 2.05) is 6.08 Å². The number of Topliss-reactive ketones (excluding diaryl/α,β-unsaturated/α-hetero) is 1. The molecule has 6 heteroatoms. The maximum absolute atomic E-state index is 12.3. The third-order valence-electron chi connectivity index (χ3n) is 9.68. The highest BCUT2D eigenvalue weighted by Crippen LogP contribution is 2.66. The lowest BCUT2D eigenvalue weighted by molar-refractivity contribution is -0.146. The molecule has 0 amide bonds. The molecule has 34 heavy (non-hydrogen) atoms. The summed E-state index contributed by atoms with van der Waals surface area (Å²) in [6.07, 6.45) is 11.9. The number of aliphatic hydroxyl groups excluding tert-OH is 2. The van der Waals surface area contributed by atoms with E-state index in [1.54, 1.807) is 0 Å². The number of allylic oxidation sites excluding steroid dienone is 1. The number of hydrogen-bond donors (Lipinski definition) is 3. The molecule has 0 spiro atoms. The SMILES string of the molecule is CC12CCC(=O)C=C1CCC1C2C(O)CC2(C)C(C(=O)CO)CCC12.CCCCCCC(=O)O. The highest BCUT2D eigenvalue weighted by Gasteiger charge is 2.62. The van der Waals surface area contributed by atoms with E-state index in [1.165, 1.54) is 12.0 Å². The normalized spacial score (nSPS) is 38.6. The number of rotatable bonds is 7. The van der Waals surface area contributed by atoms with Crippen molar-refractivity contribution in [2.45, 2.75) is 104 Å². The van der Waals surface area contributed by atoms with Gasteiger partial charge in [-0.2, -0.15) is 0 Å². The van der Waals surface area contributed by atoms with E-state index >= 15 is 0 Å². The maximum atomic E-state index is 12.3. The van der Waals surface area contributed by atoms with Gasteiger partial charge in [-0.05, 0) is 79.6 Å². The molecule has 6 nitrogen and oxygen atoms in total. The molecule has 0 aliphatic heterocycles. The van der Waals surface area contributed by atoms with E-state index < -0.39 is 12.1 Å². The standard InChI is InChI=1S/C21H30O4.C7H14O2/c1-20-8-7-13(23)9-12(20)3-4-14-15-5-6-16(18(25)11-22)21(15,2)10-17(24)19(14)20;1-2-3-4-5-6-7(8)9/h9,14-17,19,22,24H,3-8,10-11H2,1-2H3;2-6H2,1H3,(H,8,9). The average Bonchev–Trinajstić information content (AvgIpc) is 3.13. The zero-order valence-electron chi connectivity index (χ0n) is 21.2.